The number of hydrogen-bond donors (Lipinski definition) is 0. The van der Waals surface area contributed by atoms with Gasteiger partial charge in [-0.15, -0.1) is 10.2 Å². The Morgan fingerprint density at radius 1 is 1.00 bits per heavy atom. The topological polar surface area (TPSA) is 73.1 Å². The Hall–Kier alpha value is -2.04. The maximum Gasteiger partial charge on any atom is 1.00 e. The first kappa shape index (κ1) is 20.0. The molecule has 0 saturated heterocycles. The maximum atomic E-state index is 8.12. The predicted molar refractivity (Wildman–Crippen MR) is 83.1 cm³/mol. The minimum atomic E-state index is 0. The molecule has 1 heterocycles. The number of rotatable bonds is 3. The zero-order chi connectivity index (χ0) is 16.7. The average Bonchev–Trinajstić information content (AvgIpc) is 3.06. The Kier molecular flexibility index (Phi) is 8.30. The number of carbonyl (C=O) groups excluding carboxylic acids is 2. The molecule has 3 aromatic rings. The summed E-state index contributed by atoms with van der Waals surface area (Å²) in [5.74, 6) is 1.56. The molecule has 116 valence electrons. The number of benzene rings is 2. The van der Waals surface area contributed by atoms with Gasteiger partial charge < -0.3 is 4.42 Å². The standard InChI is InChI=1S/C17H15N2O.CO2.Na/c1-12(2)14-9-6-10-15(11-14)17-19-18-16(20-17)13-7-4-3-5-8-13;2-1-3;/h4-12H,1-2H3;;/q-1;;+1. The quantitative estimate of drug-likeness (QED) is 0.523. The molecule has 6 heteroatoms. The van der Waals surface area contributed by atoms with Gasteiger partial charge in [0.25, 0.3) is 0 Å². The molecule has 0 radical (unpaired) electrons. The Morgan fingerprint density at radius 3 is 2.17 bits per heavy atom. The third-order valence-electron chi connectivity index (χ3n) is 3.19. The van der Waals surface area contributed by atoms with Crippen molar-refractivity contribution in [2.75, 3.05) is 0 Å². The van der Waals surface area contributed by atoms with Gasteiger partial charge in [0.15, 0.2) is 0 Å². The second kappa shape index (κ2) is 9.96. The molecule has 24 heavy (non-hydrogen) atoms. The first-order chi connectivity index (χ1) is 11.2. The molecule has 3 rings (SSSR count). The molecule has 0 fully saturated rings. The van der Waals surface area contributed by atoms with Crippen molar-refractivity contribution in [2.45, 2.75) is 19.8 Å². The molecule has 0 aliphatic rings. The van der Waals surface area contributed by atoms with E-state index in [1.165, 1.54) is 5.56 Å². The summed E-state index contributed by atoms with van der Waals surface area (Å²) in [6.07, 6.45) is 0.250. The van der Waals surface area contributed by atoms with E-state index >= 15 is 0 Å². The van der Waals surface area contributed by atoms with Gasteiger partial charge in [0, 0.05) is 5.56 Å². The van der Waals surface area contributed by atoms with Gasteiger partial charge >= 0.3 is 35.7 Å². The molecule has 5 nitrogen and oxygen atoms in total. The molecule has 0 spiro atoms. The summed E-state index contributed by atoms with van der Waals surface area (Å²) in [5, 5.41) is 8.24. The average molecular weight is 330 g/mol. The molecule has 0 N–H and O–H groups in total. The van der Waals surface area contributed by atoms with Gasteiger partial charge in [-0.05, 0) is 23.6 Å². The van der Waals surface area contributed by atoms with Gasteiger partial charge in [0.05, 0.1) is 0 Å². The van der Waals surface area contributed by atoms with E-state index in [1.54, 1.807) is 0 Å². The van der Waals surface area contributed by atoms with Crippen molar-refractivity contribution >= 4 is 6.15 Å². The molecular weight excluding hydrogens is 315 g/mol. The van der Waals surface area contributed by atoms with E-state index in [9.17, 15) is 0 Å². The van der Waals surface area contributed by atoms with Gasteiger partial charge in [0.1, 0.15) is 0 Å². The van der Waals surface area contributed by atoms with E-state index in [0.29, 0.717) is 17.7 Å². The summed E-state index contributed by atoms with van der Waals surface area (Å²) in [7, 11) is 0. The van der Waals surface area contributed by atoms with E-state index in [4.69, 9.17) is 14.0 Å². The van der Waals surface area contributed by atoms with E-state index in [0.717, 1.165) is 11.1 Å². The molecular formula is C18H15N2NaO3. The zero-order valence-corrected chi connectivity index (χ0v) is 15.8. The van der Waals surface area contributed by atoms with Crippen molar-refractivity contribution < 1.29 is 43.6 Å². The SMILES string of the molecule is CC(C)c1cccc(-c2nnc(-c3cc[c-]cc3)o2)c1.O=C=O.[Na+]. The monoisotopic (exact) mass is 330 g/mol. The molecule has 0 bridgehead atoms. The number of hydrogen-bond acceptors (Lipinski definition) is 5. The minimum Gasteiger partial charge on any atom is -0.418 e. The summed E-state index contributed by atoms with van der Waals surface area (Å²) in [5.41, 5.74) is 3.12. The second-order valence-electron chi connectivity index (χ2n) is 5.06. The van der Waals surface area contributed by atoms with Crippen LogP contribution in [0.3, 0.4) is 0 Å². The van der Waals surface area contributed by atoms with Crippen molar-refractivity contribution in [1.29, 1.82) is 0 Å². The fourth-order valence-electron chi connectivity index (χ4n) is 2.02. The molecule has 0 atom stereocenters. The molecule has 0 unspecified atom stereocenters. The van der Waals surface area contributed by atoms with Crippen LogP contribution in [0.5, 0.6) is 0 Å². The summed E-state index contributed by atoms with van der Waals surface area (Å²) in [6, 6.07) is 18.7. The van der Waals surface area contributed by atoms with Gasteiger partial charge in [-0.1, -0.05) is 31.5 Å². The number of aromatic nitrogens is 2. The Bertz CT molecular complexity index is 795. The first-order valence-corrected chi connectivity index (χ1v) is 7.05. The van der Waals surface area contributed by atoms with Crippen LogP contribution >= 0.6 is 0 Å². The van der Waals surface area contributed by atoms with Crippen molar-refractivity contribution in [3.05, 3.63) is 60.2 Å². The molecule has 1 aromatic heterocycles. The normalized spacial score (nSPS) is 9.46. The van der Waals surface area contributed by atoms with Gasteiger partial charge in [0.2, 0.25) is 11.8 Å². The van der Waals surface area contributed by atoms with Crippen molar-refractivity contribution in [3.8, 4) is 22.9 Å². The predicted octanol–water partition coefficient (Wildman–Crippen LogP) is 0.748. The molecule has 0 aliphatic carbocycles. The van der Waals surface area contributed by atoms with Crippen LogP contribution in [0, 0.1) is 6.07 Å². The van der Waals surface area contributed by atoms with Crippen LogP contribution in [0.15, 0.2) is 52.9 Å². The Balaban J connectivity index is 0.000000671. The third-order valence-corrected chi connectivity index (χ3v) is 3.19. The van der Waals surface area contributed by atoms with Crippen molar-refractivity contribution in [1.82, 2.24) is 10.2 Å². The van der Waals surface area contributed by atoms with Gasteiger partial charge in [-0.2, -0.15) is 39.9 Å². The van der Waals surface area contributed by atoms with Crippen LogP contribution in [0.25, 0.3) is 22.9 Å². The van der Waals surface area contributed by atoms with Crippen LogP contribution in [-0.4, -0.2) is 16.3 Å². The number of nitrogens with zero attached hydrogens (tertiary/aromatic N) is 2. The Morgan fingerprint density at radius 2 is 1.58 bits per heavy atom. The maximum absolute atomic E-state index is 8.12. The summed E-state index contributed by atoms with van der Waals surface area (Å²) >= 11 is 0. The zero-order valence-electron chi connectivity index (χ0n) is 13.8. The van der Waals surface area contributed by atoms with Crippen LogP contribution < -0.4 is 29.6 Å². The Labute approximate surface area is 162 Å². The molecule has 2 aromatic carbocycles. The smallest absolute Gasteiger partial charge is 0.418 e. The molecule has 0 aliphatic heterocycles. The third kappa shape index (κ3) is 5.25. The van der Waals surface area contributed by atoms with Gasteiger partial charge in [-0.25, -0.2) is 0 Å². The fourth-order valence-corrected chi connectivity index (χ4v) is 2.02. The van der Waals surface area contributed by atoms with Gasteiger partial charge in [-0.3, -0.25) is 0 Å². The minimum absolute atomic E-state index is 0. The largest absolute Gasteiger partial charge is 1.00 e. The second-order valence-corrected chi connectivity index (χ2v) is 5.06. The molecule has 0 saturated carbocycles. The van der Waals surface area contributed by atoms with Crippen LogP contribution in [0.2, 0.25) is 0 Å². The fraction of sp³-hybridized carbons (Fsp3) is 0.167. The van der Waals surface area contributed by atoms with E-state index in [-0.39, 0.29) is 35.7 Å². The van der Waals surface area contributed by atoms with E-state index in [1.807, 2.05) is 36.4 Å². The summed E-state index contributed by atoms with van der Waals surface area (Å²) in [4.78, 5) is 16.2. The van der Waals surface area contributed by atoms with E-state index in [2.05, 4.69) is 42.2 Å². The summed E-state index contributed by atoms with van der Waals surface area (Å²) < 4.78 is 5.75. The first-order valence-electron chi connectivity index (χ1n) is 7.05. The van der Waals surface area contributed by atoms with Crippen LogP contribution in [0.1, 0.15) is 25.3 Å². The van der Waals surface area contributed by atoms with Crippen LogP contribution in [0.4, 0.5) is 0 Å². The molecule has 0 amide bonds. The summed E-state index contributed by atoms with van der Waals surface area (Å²) in [6.45, 7) is 4.33. The van der Waals surface area contributed by atoms with Crippen LogP contribution in [-0.2, 0) is 9.59 Å². The van der Waals surface area contributed by atoms with E-state index < -0.39 is 0 Å². The van der Waals surface area contributed by atoms with Crippen molar-refractivity contribution in [2.24, 2.45) is 0 Å². The van der Waals surface area contributed by atoms with Crippen molar-refractivity contribution in [3.63, 3.8) is 0 Å².